The summed E-state index contributed by atoms with van der Waals surface area (Å²) in [6.45, 7) is 0.497. The quantitative estimate of drug-likeness (QED) is 0.539. The first-order chi connectivity index (χ1) is 13.9. The fraction of sp³-hybridized carbons (Fsp3) is 0.333. The van der Waals surface area contributed by atoms with Gasteiger partial charge >= 0.3 is 6.18 Å². The van der Waals surface area contributed by atoms with Crippen LogP contribution in [0.2, 0.25) is 0 Å². The third-order valence-corrected chi connectivity index (χ3v) is 7.85. The summed E-state index contributed by atoms with van der Waals surface area (Å²) >= 11 is 0. The Labute approximate surface area is 170 Å². The van der Waals surface area contributed by atoms with Gasteiger partial charge in [0.05, 0.1) is 20.2 Å². The van der Waals surface area contributed by atoms with E-state index in [1.165, 1.54) is 0 Å². The lowest BCUT2D eigenvalue weighted by Crippen LogP contribution is -2.39. The lowest BCUT2D eigenvalue weighted by molar-refractivity contribution is -0.139. The van der Waals surface area contributed by atoms with Gasteiger partial charge in [-0.1, -0.05) is 0 Å². The van der Waals surface area contributed by atoms with Gasteiger partial charge in [-0.25, -0.2) is 25.9 Å². The maximum atomic E-state index is 13.4. The standard InChI is InChI=1S/C18H17F4NO5S2/c19-12-1-3-14(4-2-12)29(24,25)15-5-6-16(18(20,21)22)17(11-15)30(26,27)23-13-7-9-28-10-8-13/h1-6,11,13,23H,7-10H2. The van der Waals surface area contributed by atoms with Crippen LogP contribution >= 0.6 is 0 Å². The van der Waals surface area contributed by atoms with Crippen molar-refractivity contribution in [2.45, 2.75) is 39.7 Å². The molecule has 0 amide bonds. The molecule has 0 saturated carbocycles. The Morgan fingerprint density at radius 3 is 2.03 bits per heavy atom. The second-order valence-corrected chi connectivity index (χ2v) is 10.3. The van der Waals surface area contributed by atoms with Crippen LogP contribution in [0.15, 0.2) is 57.2 Å². The number of hydrogen-bond acceptors (Lipinski definition) is 5. The van der Waals surface area contributed by atoms with Crippen LogP contribution in [0.4, 0.5) is 17.6 Å². The number of sulfonamides is 1. The number of sulfone groups is 1. The molecule has 6 nitrogen and oxygen atoms in total. The Balaban J connectivity index is 2.09. The molecule has 1 fully saturated rings. The van der Waals surface area contributed by atoms with Gasteiger partial charge in [-0.05, 0) is 55.3 Å². The first kappa shape index (κ1) is 22.7. The average molecular weight is 467 g/mol. The Hall–Kier alpha value is -2.02. The minimum atomic E-state index is -5.03. The van der Waals surface area contributed by atoms with Crippen LogP contribution < -0.4 is 4.72 Å². The molecule has 1 aliphatic heterocycles. The molecule has 2 aromatic carbocycles. The summed E-state index contributed by atoms with van der Waals surface area (Å²) < 4.78 is 112. The highest BCUT2D eigenvalue weighted by atomic mass is 32.2. The monoisotopic (exact) mass is 467 g/mol. The van der Waals surface area contributed by atoms with Gasteiger partial charge in [0, 0.05) is 19.3 Å². The molecule has 0 aromatic heterocycles. The molecule has 1 saturated heterocycles. The molecular formula is C18H17F4NO5S2. The van der Waals surface area contributed by atoms with Crippen molar-refractivity contribution >= 4 is 19.9 Å². The Morgan fingerprint density at radius 2 is 1.47 bits per heavy atom. The molecule has 0 bridgehead atoms. The summed E-state index contributed by atoms with van der Waals surface area (Å²) in [5.41, 5.74) is -1.49. The number of alkyl halides is 3. The maximum absolute atomic E-state index is 13.4. The number of halogens is 4. The number of hydrogen-bond donors (Lipinski definition) is 1. The molecule has 0 atom stereocenters. The zero-order valence-electron chi connectivity index (χ0n) is 15.3. The summed E-state index contributed by atoms with van der Waals surface area (Å²) in [7, 11) is -9.08. The van der Waals surface area contributed by atoms with E-state index in [1.54, 1.807) is 0 Å². The largest absolute Gasteiger partial charge is 0.417 e. The molecule has 2 aromatic rings. The van der Waals surface area contributed by atoms with Crippen molar-refractivity contribution < 1.29 is 39.1 Å². The van der Waals surface area contributed by atoms with Crippen LogP contribution in [-0.2, 0) is 30.8 Å². The van der Waals surface area contributed by atoms with Crippen molar-refractivity contribution in [2.75, 3.05) is 13.2 Å². The van der Waals surface area contributed by atoms with Crippen molar-refractivity contribution in [2.24, 2.45) is 0 Å². The number of nitrogens with one attached hydrogen (secondary N) is 1. The number of rotatable bonds is 5. The summed E-state index contributed by atoms with van der Waals surface area (Å²) in [5, 5.41) is 0. The average Bonchev–Trinajstić information content (AvgIpc) is 2.67. The number of ether oxygens (including phenoxy) is 1. The van der Waals surface area contributed by atoms with E-state index in [1.807, 2.05) is 0 Å². The van der Waals surface area contributed by atoms with Gasteiger partial charge in [-0.15, -0.1) is 0 Å². The predicted molar refractivity (Wildman–Crippen MR) is 97.5 cm³/mol. The van der Waals surface area contributed by atoms with Gasteiger partial charge in [0.2, 0.25) is 19.9 Å². The SMILES string of the molecule is O=S(=O)(NC1CCOCC1)c1cc(S(=O)(=O)c2ccc(F)cc2)ccc1C(F)(F)F. The molecule has 1 heterocycles. The van der Waals surface area contributed by atoms with E-state index in [-0.39, 0.29) is 31.0 Å². The summed E-state index contributed by atoms with van der Waals surface area (Å²) in [6.07, 6.45) is -4.49. The van der Waals surface area contributed by atoms with Crippen LogP contribution in [0.25, 0.3) is 0 Å². The van der Waals surface area contributed by atoms with Crippen molar-refractivity contribution in [3.63, 3.8) is 0 Å². The molecule has 3 rings (SSSR count). The first-order valence-corrected chi connectivity index (χ1v) is 11.7. The van der Waals surface area contributed by atoms with Crippen LogP contribution in [0.1, 0.15) is 18.4 Å². The van der Waals surface area contributed by atoms with E-state index in [0.717, 1.165) is 24.3 Å². The molecule has 164 valence electrons. The van der Waals surface area contributed by atoms with E-state index in [0.29, 0.717) is 18.2 Å². The molecule has 0 spiro atoms. The maximum Gasteiger partial charge on any atom is 0.417 e. The summed E-state index contributed by atoms with van der Waals surface area (Å²) in [4.78, 5) is -2.23. The van der Waals surface area contributed by atoms with Crippen molar-refractivity contribution in [1.29, 1.82) is 0 Å². The summed E-state index contributed by atoms with van der Waals surface area (Å²) in [6, 6.07) is 4.56. The molecule has 1 aliphatic rings. The van der Waals surface area contributed by atoms with Crippen molar-refractivity contribution in [1.82, 2.24) is 4.72 Å². The van der Waals surface area contributed by atoms with E-state index in [2.05, 4.69) is 4.72 Å². The zero-order chi connectivity index (χ0) is 22.2. The zero-order valence-corrected chi connectivity index (χ0v) is 16.9. The van der Waals surface area contributed by atoms with Gasteiger partial charge in [-0.2, -0.15) is 13.2 Å². The second kappa shape index (κ2) is 8.25. The lowest BCUT2D eigenvalue weighted by Gasteiger charge is -2.24. The fourth-order valence-corrected chi connectivity index (χ4v) is 5.89. The third kappa shape index (κ3) is 4.82. The Bertz CT molecular complexity index is 1120. The van der Waals surface area contributed by atoms with Crippen LogP contribution in [0.3, 0.4) is 0 Å². The Kier molecular flexibility index (Phi) is 6.23. The van der Waals surface area contributed by atoms with Gasteiger partial charge in [-0.3, -0.25) is 0 Å². The molecule has 30 heavy (non-hydrogen) atoms. The van der Waals surface area contributed by atoms with E-state index < -0.39 is 53.3 Å². The molecule has 0 aliphatic carbocycles. The minimum absolute atomic E-state index is 0.248. The highest BCUT2D eigenvalue weighted by Crippen LogP contribution is 2.36. The first-order valence-electron chi connectivity index (χ1n) is 8.73. The summed E-state index contributed by atoms with van der Waals surface area (Å²) in [5.74, 6) is -0.703. The molecule has 0 radical (unpaired) electrons. The predicted octanol–water partition coefficient (Wildman–Crippen LogP) is 3.13. The van der Waals surface area contributed by atoms with Gasteiger partial charge in [0.15, 0.2) is 0 Å². The third-order valence-electron chi connectivity index (χ3n) is 4.53. The Morgan fingerprint density at radius 1 is 0.900 bits per heavy atom. The highest BCUT2D eigenvalue weighted by molar-refractivity contribution is 7.91. The van der Waals surface area contributed by atoms with Crippen molar-refractivity contribution in [3.8, 4) is 0 Å². The van der Waals surface area contributed by atoms with E-state index in [9.17, 15) is 34.4 Å². The van der Waals surface area contributed by atoms with E-state index in [4.69, 9.17) is 4.74 Å². The molecule has 12 heteroatoms. The van der Waals surface area contributed by atoms with Crippen LogP contribution in [0, 0.1) is 5.82 Å². The topological polar surface area (TPSA) is 89.5 Å². The van der Waals surface area contributed by atoms with Gasteiger partial charge in [0.1, 0.15) is 5.82 Å². The second-order valence-electron chi connectivity index (χ2n) is 6.62. The smallest absolute Gasteiger partial charge is 0.381 e. The normalized spacial score (nSPS) is 16.5. The minimum Gasteiger partial charge on any atom is -0.381 e. The van der Waals surface area contributed by atoms with Gasteiger partial charge in [0.25, 0.3) is 0 Å². The number of benzene rings is 2. The highest BCUT2D eigenvalue weighted by Gasteiger charge is 2.39. The fourth-order valence-electron chi connectivity index (χ4n) is 2.97. The van der Waals surface area contributed by atoms with E-state index >= 15 is 0 Å². The van der Waals surface area contributed by atoms with Crippen molar-refractivity contribution in [3.05, 3.63) is 53.8 Å². The van der Waals surface area contributed by atoms with Gasteiger partial charge < -0.3 is 4.74 Å². The van der Waals surface area contributed by atoms with Crippen LogP contribution in [0.5, 0.6) is 0 Å². The lowest BCUT2D eigenvalue weighted by atomic mass is 10.1. The molecular weight excluding hydrogens is 450 g/mol. The molecule has 0 unspecified atom stereocenters. The molecule has 1 N–H and O–H groups in total. The van der Waals surface area contributed by atoms with Crippen LogP contribution in [-0.4, -0.2) is 36.1 Å².